The van der Waals surface area contributed by atoms with Gasteiger partial charge in [0.05, 0.1) is 0 Å². The third-order valence-corrected chi connectivity index (χ3v) is 3.08. The maximum Gasteiger partial charge on any atom is 0.254 e. The molecule has 3 nitrogen and oxygen atoms in total. The summed E-state index contributed by atoms with van der Waals surface area (Å²) in [7, 11) is 0. The molecule has 1 aromatic rings. The van der Waals surface area contributed by atoms with Gasteiger partial charge in [-0.3, -0.25) is 4.79 Å². The summed E-state index contributed by atoms with van der Waals surface area (Å²) in [6.07, 6.45) is 2.76. The zero-order valence-electron chi connectivity index (χ0n) is 10.2. The van der Waals surface area contributed by atoms with Crippen LogP contribution in [0.5, 0.6) is 0 Å². The van der Waals surface area contributed by atoms with Gasteiger partial charge in [-0.15, -0.1) is 6.58 Å². The van der Waals surface area contributed by atoms with Gasteiger partial charge in [0.25, 0.3) is 5.91 Å². The number of fused-ring (bicyclic) bond motifs is 1. The fourth-order valence-electron chi connectivity index (χ4n) is 2.13. The molecule has 0 bridgehead atoms. The highest BCUT2D eigenvalue weighted by Gasteiger charge is 2.16. The predicted octanol–water partition coefficient (Wildman–Crippen LogP) is 2.30. The first-order valence-electron chi connectivity index (χ1n) is 6.03. The first kappa shape index (κ1) is 11.7. The molecule has 0 aromatic heterocycles. The third kappa shape index (κ3) is 2.33. The molecule has 0 radical (unpaired) electrons. The molecule has 1 heterocycles. The molecule has 0 spiro atoms. The number of amides is 1. The second-order valence-electron chi connectivity index (χ2n) is 4.18. The lowest BCUT2D eigenvalue weighted by molar-refractivity contribution is 0.0782. The lowest BCUT2D eigenvalue weighted by Crippen LogP contribution is -2.30. The van der Waals surface area contributed by atoms with Gasteiger partial charge in [0.15, 0.2) is 0 Å². The molecule has 0 atom stereocenters. The van der Waals surface area contributed by atoms with Gasteiger partial charge in [-0.05, 0) is 37.1 Å². The summed E-state index contributed by atoms with van der Waals surface area (Å²) in [5.74, 6) is 0.0853. The van der Waals surface area contributed by atoms with Crippen LogP contribution in [0.4, 0.5) is 5.69 Å². The largest absolute Gasteiger partial charge is 0.384 e. The Morgan fingerprint density at radius 1 is 1.59 bits per heavy atom. The SMILES string of the molecule is C=CCN(CC)C(=O)c1ccc2c(c1)CCN2. The van der Waals surface area contributed by atoms with E-state index in [2.05, 4.69) is 11.9 Å². The van der Waals surface area contributed by atoms with Gasteiger partial charge in [-0.25, -0.2) is 0 Å². The Morgan fingerprint density at radius 3 is 3.12 bits per heavy atom. The Kier molecular flexibility index (Phi) is 3.47. The molecule has 1 amide bonds. The van der Waals surface area contributed by atoms with Crippen LogP contribution in [0, 0.1) is 0 Å². The summed E-state index contributed by atoms with van der Waals surface area (Å²) < 4.78 is 0. The van der Waals surface area contributed by atoms with Gasteiger partial charge >= 0.3 is 0 Å². The number of nitrogens with one attached hydrogen (secondary N) is 1. The number of carbonyl (C=O) groups excluding carboxylic acids is 1. The maximum absolute atomic E-state index is 12.2. The van der Waals surface area contributed by atoms with Gasteiger partial charge in [0.2, 0.25) is 0 Å². The van der Waals surface area contributed by atoms with Crippen LogP contribution in [0.25, 0.3) is 0 Å². The monoisotopic (exact) mass is 230 g/mol. The first-order chi connectivity index (χ1) is 8.26. The number of likely N-dealkylation sites (N-methyl/N-ethyl adjacent to an activating group) is 1. The fourth-order valence-corrected chi connectivity index (χ4v) is 2.13. The van der Waals surface area contributed by atoms with E-state index in [1.807, 2.05) is 25.1 Å². The minimum Gasteiger partial charge on any atom is -0.384 e. The molecule has 1 aliphatic heterocycles. The van der Waals surface area contributed by atoms with Crippen LogP contribution in [0.3, 0.4) is 0 Å². The quantitative estimate of drug-likeness (QED) is 0.805. The van der Waals surface area contributed by atoms with Crippen molar-refractivity contribution in [2.24, 2.45) is 0 Å². The summed E-state index contributed by atoms with van der Waals surface area (Å²) in [5, 5.41) is 3.29. The van der Waals surface area contributed by atoms with Crippen LogP contribution >= 0.6 is 0 Å². The van der Waals surface area contributed by atoms with E-state index in [4.69, 9.17) is 0 Å². The van der Waals surface area contributed by atoms with Gasteiger partial charge < -0.3 is 10.2 Å². The summed E-state index contributed by atoms with van der Waals surface area (Å²) >= 11 is 0. The smallest absolute Gasteiger partial charge is 0.254 e. The average molecular weight is 230 g/mol. The normalized spacial score (nSPS) is 12.8. The van der Waals surface area contributed by atoms with Crippen LogP contribution in [0.2, 0.25) is 0 Å². The van der Waals surface area contributed by atoms with Crippen LogP contribution in [-0.4, -0.2) is 30.4 Å². The zero-order chi connectivity index (χ0) is 12.3. The predicted molar refractivity (Wildman–Crippen MR) is 70.4 cm³/mol. The topological polar surface area (TPSA) is 32.3 Å². The van der Waals surface area contributed by atoms with Crippen molar-refractivity contribution in [2.45, 2.75) is 13.3 Å². The van der Waals surface area contributed by atoms with E-state index in [1.165, 1.54) is 5.56 Å². The molecule has 0 saturated heterocycles. The van der Waals surface area contributed by atoms with Crippen LogP contribution in [0.1, 0.15) is 22.8 Å². The molecule has 1 aliphatic rings. The van der Waals surface area contributed by atoms with Crippen molar-refractivity contribution < 1.29 is 4.79 Å². The van der Waals surface area contributed by atoms with E-state index >= 15 is 0 Å². The Labute approximate surface area is 102 Å². The summed E-state index contributed by atoms with van der Waals surface area (Å²) in [6.45, 7) is 7.94. The summed E-state index contributed by atoms with van der Waals surface area (Å²) in [4.78, 5) is 14.0. The second kappa shape index (κ2) is 5.04. The minimum absolute atomic E-state index is 0.0853. The Morgan fingerprint density at radius 2 is 2.41 bits per heavy atom. The molecule has 0 aliphatic carbocycles. The molecule has 90 valence electrons. The van der Waals surface area contributed by atoms with Gasteiger partial charge in [0, 0.05) is 30.9 Å². The van der Waals surface area contributed by atoms with E-state index in [9.17, 15) is 4.79 Å². The highest BCUT2D eigenvalue weighted by molar-refractivity contribution is 5.95. The lowest BCUT2D eigenvalue weighted by atomic mass is 10.1. The first-order valence-corrected chi connectivity index (χ1v) is 6.03. The number of nitrogens with zero attached hydrogens (tertiary/aromatic N) is 1. The Bertz CT molecular complexity index is 440. The molecule has 17 heavy (non-hydrogen) atoms. The van der Waals surface area contributed by atoms with Crippen molar-refractivity contribution >= 4 is 11.6 Å². The van der Waals surface area contributed by atoms with E-state index in [0.717, 1.165) is 24.2 Å². The van der Waals surface area contributed by atoms with Crippen LogP contribution < -0.4 is 5.32 Å². The van der Waals surface area contributed by atoms with Gasteiger partial charge in [-0.1, -0.05) is 6.08 Å². The van der Waals surface area contributed by atoms with E-state index < -0.39 is 0 Å². The van der Waals surface area contributed by atoms with Crippen molar-refractivity contribution in [3.63, 3.8) is 0 Å². The number of rotatable bonds is 4. The van der Waals surface area contributed by atoms with E-state index in [-0.39, 0.29) is 5.91 Å². The molecular weight excluding hydrogens is 212 g/mol. The molecule has 1 N–H and O–H groups in total. The molecule has 2 rings (SSSR count). The highest BCUT2D eigenvalue weighted by Crippen LogP contribution is 2.23. The maximum atomic E-state index is 12.2. The number of anilines is 1. The highest BCUT2D eigenvalue weighted by atomic mass is 16.2. The Balaban J connectivity index is 2.21. The third-order valence-electron chi connectivity index (χ3n) is 3.08. The number of hydrogen-bond acceptors (Lipinski definition) is 2. The number of benzene rings is 1. The van der Waals surface area contributed by atoms with Crippen molar-refractivity contribution in [2.75, 3.05) is 25.0 Å². The van der Waals surface area contributed by atoms with Crippen molar-refractivity contribution in [3.8, 4) is 0 Å². The minimum atomic E-state index is 0.0853. The lowest BCUT2D eigenvalue weighted by Gasteiger charge is -2.19. The average Bonchev–Trinajstić information content (AvgIpc) is 2.82. The van der Waals surface area contributed by atoms with Crippen LogP contribution in [-0.2, 0) is 6.42 Å². The van der Waals surface area contributed by atoms with E-state index in [0.29, 0.717) is 13.1 Å². The molecule has 0 saturated carbocycles. The van der Waals surface area contributed by atoms with Crippen molar-refractivity contribution in [1.82, 2.24) is 4.90 Å². The molecule has 0 unspecified atom stereocenters. The number of carbonyl (C=O) groups is 1. The molecular formula is C14H18N2O. The summed E-state index contributed by atoms with van der Waals surface area (Å²) in [5.41, 5.74) is 3.18. The van der Waals surface area contributed by atoms with Crippen molar-refractivity contribution in [1.29, 1.82) is 0 Å². The molecule has 0 fully saturated rings. The molecule has 1 aromatic carbocycles. The standard InChI is InChI=1S/C14H18N2O/c1-3-9-16(4-2)14(17)12-5-6-13-11(10-12)7-8-15-13/h3,5-6,10,15H,1,4,7-9H2,2H3. The summed E-state index contributed by atoms with van der Waals surface area (Å²) in [6, 6.07) is 5.89. The second-order valence-corrected chi connectivity index (χ2v) is 4.18. The molecule has 3 heteroatoms. The van der Waals surface area contributed by atoms with Gasteiger partial charge in [-0.2, -0.15) is 0 Å². The number of hydrogen-bond donors (Lipinski definition) is 1. The van der Waals surface area contributed by atoms with Gasteiger partial charge in [0.1, 0.15) is 0 Å². The van der Waals surface area contributed by atoms with Crippen molar-refractivity contribution in [3.05, 3.63) is 42.0 Å². The Hall–Kier alpha value is -1.77. The van der Waals surface area contributed by atoms with E-state index in [1.54, 1.807) is 11.0 Å². The fraction of sp³-hybridized carbons (Fsp3) is 0.357. The van der Waals surface area contributed by atoms with Crippen LogP contribution in [0.15, 0.2) is 30.9 Å². The zero-order valence-corrected chi connectivity index (χ0v) is 10.2.